The van der Waals surface area contributed by atoms with E-state index in [1.165, 1.54) is 17.8 Å². The van der Waals surface area contributed by atoms with Crippen LogP contribution in [0, 0.1) is 11.3 Å². The van der Waals surface area contributed by atoms with E-state index in [4.69, 9.17) is 9.47 Å². The topological polar surface area (TPSA) is 114 Å². The van der Waals surface area contributed by atoms with Crippen LogP contribution in [0.25, 0.3) is 28.6 Å². The molecule has 0 saturated heterocycles. The van der Waals surface area contributed by atoms with E-state index in [-0.39, 0.29) is 23.8 Å². The van der Waals surface area contributed by atoms with E-state index < -0.39 is 11.9 Å². The number of rotatable bonds is 7. The molecule has 2 aromatic heterocycles. The van der Waals surface area contributed by atoms with E-state index in [9.17, 15) is 19.6 Å². The summed E-state index contributed by atoms with van der Waals surface area (Å²) in [7, 11) is 1.33. The summed E-state index contributed by atoms with van der Waals surface area (Å²) < 4.78 is 11.7. The van der Waals surface area contributed by atoms with Gasteiger partial charge in [-0.2, -0.15) is 5.26 Å². The number of carbonyl (C=O) groups excluding carboxylic acids is 2. The van der Waals surface area contributed by atoms with Gasteiger partial charge in [0, 0.05) is 25.1 Å². The Kier molecular flexibility index (Phi) is 7.43. The summed E-state index contributed by atoms with van der Waals surface area (Å²) >= 11 is 1.05. The van der Waals surface area contributed by atoms with Crippen LogP contribution in [0.15, 0.2) is 47.9 Å². The number of hydrogen-bond donors (Lipinski definition) is 1. The van der Waals surface area contributed by atoms with Crippen LogP contribution in [0.1, 0.15) is 24.3 Å². The second kappa shape index (κ2) is 10.4. The summed E-state index contributed by atoms with van der Waals surface area (Å²) in [6.45, 7) is 5.50. The lowest BCUT2D eigenvalue weighted by Gasteiger charge is -2.00. The molecule has 8 nitrogen and oxygen atoms in total. The highest BCUT2D eigenvalue weighted by atomic mass is 32.1. The third kappa shape index (κ3) is 4.86. The summed E-state index contributed by atoms with van der Waals surface area (Å²) in [5.74, 6) is -1.22. The molecule has 2 heterocycles. The smallest absolute Gasteiger partial charge is 0.352 e. The van der Waals surface area contributed by atoms with Gasteiger partial charge in [-0.1, -0.05) is 30.9 Å². The maximum atomic E-state index is 12.8. The number of nitrogens with zero attached hydrogens (tertiary/aromatic N) is 2. The number of carbonyl (C=O) groups is 2. The van der Waals surface area contributed by atoms with Gasteiger partial charge in [-0.25, -0.2) is 9.59 Å². The fraction of sp³-hybridized carbons (Fsp3) is 0.167. The van der Waals surface area contributed by atoms with E-state index in [1.54, 1.807) is 37.4 Å². The molecule has 33 heavy (non-hydrogen) atoms. The van der Waals surface area contributed by atoms with Crippen molar-refractivity contribution in [3.05, 3.63) is 73.8 Å². The highest BCUT2D eigenvalue weighted by Crippen LogP contribution is 2.21. The number of esters is 2. The average Bonchev–Trinajstić information content (AvgIpc) is 3.37. The molecular formula is C24H23N3O5S. The van der Waals surface area contributed by atoms with Crippen LogP contribution in [0.5, 0.6) is 0 Å². The van der Waals surface area contributed by atoms with Gasteiger partial charge in [0.1, 0.15) is 17.3 Å². The maximum absolute atomic E-state index is 12.8. The van der Waals surface area contributed by atoms with Gasteiger partial charge in [0.25, 0.3) is 5.56 Å². The fourth-order valence-corrected chi connectivity index (χ4v) is 4.27. The van der Waals surface area contributed by atoms with E-state index in [0.29, 0.717) is 16.6 Å². The predicted octanol–water partition coefficient (Wildman–Crippen LogP) is 2.34. The number of methoxy groups -OCH3 is 1. The Bertz CT molecular complexity index is 1490. The number of allylic oxidation sites excluding steroid dienone is 1. The summed E-state index contributed by atoms with van der Waals surface area (Å²) in [6, 6.07) is 7.05. The Morgan fingerprint density at radius 3 is 2.85 bits per heavy atom. The molecular weight excluding hydrogens is 442 g/mol. The minimum atomic E-state index is -0.798. The number of aromatic amines is 1. The molecule has 0 amide bonds. The fourth-order valence-electron chi connectivity index (χ4n) is 3.16. The molecule has 0 saturated carbocycles. The van der Waals surface area contributed by atoms with Crippen molar-refractivity contribution >= 4 is 51.9 Å². The molecule has 0 radical (unpaired) electrons. The SMILES string of the molecule is C=CCOC(=O)/C(C#N)=c1\s/c(=C\C=C\c2c[nH]c3cc(C(=O)OC)ccc23)c(=O)n1CC.[HH]. The molecule has 0 aliphatic rings. The van der Waals surface area contributed by atoms with Gasteiger partial charge < -0.3 is 14.5 Å². The minimum absolute atomic E-state index is 0. The highest BCUT2D eigenvalue weighted by Gasteiger charge is 2.16. The van der Waals surface area contributed by atoms with E-state index in [2.05, 4.69) is 11.6 Å². The van der Waals surface area contributed by atoms with Crippen LogP contribution < -0.4 is 14.8 Å². The standard InChI is InChI=1S/C24H21N3O5S.H2/c1-4-11-32-24(30)18(13-25)22-27(5-2)21(28)20(33-22)8-6-7-16-14-26-19-12-15(23(29)31-3)9-10-17(16)19;/h4,6-10,12,14,26H,1,5,11H2,2-3H3;1H/b7-6+,20-8-,22-18-;. The van der Waals surface area contributed by atoms with Crippen LogP contribution in [0.3, 0.4) is 0 Å². The zero-order chi connectivity index (χ0) is 24.0. The summed E-state index contributed by atoms with van der Waals surface area (Å²) in [5.41, 5.74) is 1.56. The van der Waals surface area contributed by atoms with Gasteiger partial charge >= 0.3 is 11.9 Å². The predicted molar refractivity (Wildman–Crippen MR) is 129 cm³/mol. The summed E-state index contributed by atoms with van der Waals surface area (Å²) in [4.78, 5) is 39.8. The number of nitrogens with one attached hydrogen (secondary N) is 1. The molecule has 0 aliphatic carbocycles. The number of ether oxygens (including phenoxy) is 2. The van der Waals surface area contributed by atoms with Crippen molar-refractivity contribution in [2.45, 2.75) is 13.5 Å². The number of benzene rings is 1. The Labute approximate surface area is 194 Å². The first kappa shape index (κ1) is 23.5. The number of aromatic nitrogens is 2. The van der Waals surface area contributed by atoms with Crippen LogP contribution >= 0.6 is 11.3 Å². The normalized spacial score (nSPS) is 12.6. The third-order valence-electron chi connectivity index (χ3n) is 4.74. The number of H-pyrrole nitrogens is 1. The molecule has 0 aliphatic heterocycles. The Morgan fingerprint density at radius 1 is 1.39 bits per heavy atom. The molecule has 0 atom stereocenters. The number of fused-ring (bicyclic) bond motifs is 1. The third-order valence-corrected chi connectivity index (χ3v) is 5.89. The molecule has 9 heteroatoms. The lowest BCUT2D eigenvalue weighted by atomic mass is 10.1. The zero-order valence-corrected chi connectivity index (χ0v) is 18.9. The molecule has 0 fully saturated rings. The van der Waals surface area contributed by atoms with E-state index in [0.717, 1.165) is 27.8 Å². The monoisotopic (exact) mass is 465 g/mol. The van der Waals surface area contributed by atoms with Gasteiger partial charge in [0.05, 0.1) is 17.2 Å². The summed E-state index contributed by atoms with van der Waals surface area (Å²) in [6.07, 6.45) is 8.36. The largest absolute Gasteiger partial charge is 0.465 e. The van der Waals surface area contributed by atoms with Crippen molar-refractivity contribution in [2.24, 2.45) is 0 Å². The molecule has 0 bridgehead atoms. The molecule has 170 valence electrons. The van der Waals surface area contributed by atoms with Crippen LogP contribution in [-0.4, -0.2) is 35.2 Å². The Hall–Kier alpha value is -4.16. The lowest BCUT2D eigenvalue weighted by Crippen LogP contribution is -2.32. The van der Waals surface area contributed by atoms with Crippen molar-refractivity contribution in [1.29, 1.82) is 5.26 Å². The first-order chi connectivity index (χ1) is 15.9. The molecule has 3 rings (SSSR count). The van der Waals surface area contributed by atoms with Gasteiger partial charge in [-0.05, 0) is 30.7 Å². The van der Waals surface area contributed by atoms with Gasteiger partial charge in [0.2, 0.25) is 0 Å². The number of nitriles is 1. The second-order valence-corrected chi connectivity index (χ2v) is 7.75. The van der Waals surface area contributed by atoms with Crippen LogP contribution in [0.2, 0.25) is 0 Å². The maximum Gasteiger partial charge on any atom is 0.352 e. The lowest BCUT2D eigenvalue weighted by molar-refractivity contribution is -0.135. The minimum Gasteiger partial charge on any atom is -0.465 e. The average molecular weight is 466 g/mol. The molecule has 1 N–H and O–H groups in total. The summed E-state index contributed by atoms with van der Waals surface area (Å²) in [5, 5.41) is 10.4. The van der Waals surface area contributed by atoms with Crippen molar-refractivity contribution in [1.82, 2.24) is 9.55 Å². The number of thiazole rings is 1. The zero-order valence-electron chi connectivity index (χ0n) is 18.1. The van der Waals surface area contributed by atoms with Crippen molar-refractivity contribution in [3.8, 4) is 6.07 Å². The Balaban J connectivity index is 0.00000408. The molecule has 1 aromatic carbocycles. The van der Waals surface area contributed by atoms with E-state index >= 15 is 0 Å². The molecule has 3 aromatic rings. The molecule has 0 unspecified atom stereocenters. The van der Waals surface area contributed by atoms with Gasteiger partial charge in [0.15, 0.2) is 5.57 Å². The number of hydrogen-bond acceptors (Lipinski definition) is 7. The van der Waals surface area contributed by atoms with Gasteiger partial charge in [-0.3, -0.25) is 9.36 Å². The quantitative estimate of drug-likeness (QED) is 0.423. The first-order valence-corrected chi connectivity index (χ1v) is 10.8. The Morgan fingerprint density at radius 2 is 2.18 bits per heavy atom. The first-order valence-electron chi connectivity index (χ1n) is 9.95. The van der Waals surface area contributed by atoms with E-state index in [1.807, 2.05) is 18.2 Å². The molecule has 0 spiro atoms. The van der Waals surface area contributed by atoms with Crippen LogP contribution in [-0.2, 0) is 20.8 Å². The van der Waals surface area contributed by atoms with Crippen molar-refractivity contribution in [3.63, 3.8) is 0 Å². The second-order valence-electron chi connectivity index (χ2n) is 6.72. The van der Waals surface area contributed by atoms with Crippen LogP contribution in [0.4, 0.5) is 0 Å². The van der Waals surface area contributed by atoms with Gasteiger partial charge in [-0.15, -0.1) is 11.3 Å². The van der Waals surface area contributed by atoms with Crippen molar-refractivity contribution < 1.29 is 20.5 Å². The van der Waals surface area contributed by atoms with Crippen molar-refractivity contribution in [2.75, 3.05) is 13.7 Å². The highest BCUT2D eigenvalue weighted by molar-refractivity contribution is 7.07.